The van der Waals surface area contributed by atoms with Crippen molar-refractivity contribution in [2.24, 2.45) is 0 Å². The van der Waals surface area contributed by atoms with Crippen LogP contribution in [0.3, 0.4) is 0 Å². The van der Waals surface area contributed by atoms with Crippen molar-refractivity contribution in [2.75, 3.05) is 0 Å². The smallest absolute Gasteiger partial charge is 0.307 e. The highest BCUT2D eigenvalue weighted by Crippen LogP contribution is 2.09. The van der Waals surface area contributed by atoms with Crippen LogP contribution in [0.1, 0.15) is 51.4 Å². The van der Waals surface area contributed by atoms with E-state index in [0.29, 0.717) is 25.7 Å². The molecule has 0 aromatic heterocycles. The van der Waals surface area contributed by atoms with Crippen LogP contribution in [0.15, 0.2) is 0 Å². The molecule has 0 heterocycles. The topological polar surface area (TPSA) is 87.4 Å². The number of nitriles is 1. The van der Waals surface area contributed by atoms with Crippen LogP contribution in [0.25, 0.3) is 0 Å². The molecule has 0 saturated carbocycles. The molecule has 0 aliphatic rings. The van der Waals surface area contributed by atoms with Crippen LogP contribution in [0, 0.1) is 23.7 Å². The number of esters is 1. The first-order chi connectivity index (χ1) is 9.10. The largest absolute Gasteiger partial charge is 0.481 e. The predicted molar refractivity (Wildman–Crippen MR) is 68.9 cm³/mol. The normalized spacial score (nSPS) is 11.1. The summed E-state index contributed by atoms with van der Waals surface area (Å²) in [6, 6.07) is 2.04. The van der Waals surface area contributed by atoms with E-state index in [4.69, 9.17) is 21.5 Å². The average Bonchev–Trinajstić information content (AvgIpc) is 2.38. The van der Waals surface area contributed by atoms with Gasteiger partial charge in [-0.1, -0.05) is 5.92 Å². The SMILES string of the molecule is C#CC(CCCCC#N)OC(=O)CCCCC(=O)O. The second kappa shape index (κ2) is 11.1. The molecule has 0 aliphatic heterocycles. The van der Waals surface area contributed by atoms with Gasteiger partial charge in [-0.25, -0.2) is 0 Å². The molecule has 5 heteroatoms. The third-order valence-electron chi connectivity index (χ3n) is 2.49. The average molecular weight is 265 g/mol. The summed E-state index contributed by atoms with van der Waals surface area (Å²) in [5.74, 6) is 1.14. The number of ether oxygens (including phenoxy) is 1. The lowest BCUT2D eigenvalue weighted by molar-refractivity contribution is -0.147. The number of carboxylic acid groups (broad SMARTS) is 1. The van der Waals surface area contributed by atoms with Gasteiger partial charge in [0.25, 0.3) is 0 Å². The number of rotatable bonds is 10. The van der Waals surface area contributed by atoms with Crippen molar-refractivity contribution in [3.63, 3.8) is 0 Å². The van der Waals surface area contributed by atoms with Crippen LogP contribution in [-0.4, -0.2) is 23.1 Å². The van der Waals surface area contributed by atoms with Crippen molar-refractivity contribution < 1.29 is 19.4 Å². The molecule has 1 atom stereocenters. The zero-order valence-electron chi connectivity index (χ0n) is 10.9. The van der Waals surface area contributed by atoms with Crippen molar-refractivity contribution in [1.29, 1.82) is 5.26 Å². The fourth-order valence-electron chi connectivity index (χ4n) is 1.47. The molecule has 5 nitrogen and oxygen atoms in total. The van der Waals surface area contributed by atoms with Crippen LogP contribution in [0.2, 0.25) is 0 Å². The Labute approximate surface area is 113 Å². The summed E-state index contributed by atoms with van der Waals surface area (Å²) in [5.41, 5.74) is 0. The Balaban J connectivity index is 3.73. The lowest BCUT2D eigenvalue weighted by Gasteiger charge is -2.11. The first-order valence-corrected chi connectivity index (χ1v) is 6.34. The molecule has 0 fully saturated rings. The van der Waals surface area contributed by atoms with E-state index in [9.17, 15) is 9.59 Å². The van der Waals surface area contributed by atoms with Gasteiger partial charge in [0.1, 0.15) is 0 Å². The number of nitrogens with zero attached hydrogens (tertiary/aromatic N) is 1. The minimum Gasteiger partial charge on any atom is -0.481 e. The molecule has 0 saturated heterocycles. The molecule has 1 unspecified atom stereocenters. The number of terminal acetylenes is 1. The zero-order valence-corrected chi connectivity index (χ0v) is 10.9. The molecule has 0 aromatic carbocycles. The Morgan fingerprint density at radius 2 is 1.89 bits per heavy atom. The molecule has 0 radical (unpaired) electrons. The Bertz CT molecular complexity index is 365. The number of carbonyl (C=O) groups excluding carboxylic acids is 1. The summed E-state index contributed by atoms with van der Waals surface area (Å²) in [6.07, 6.45) is 8.40. The van der Waals surface area contributed by atoms with Crippen molar-refractivity contribution in [2.45, 2.75) is 57.5 Å². The number of hydrogen-bond acceptors (Lipinski definition) is 4. The number of aliphatic carboxylic acids is 1. The standard InChI is InChI=1S/C14H19NO4/c1-2-12(8-4-3-7-11-15)19-14(18)10-6-5-9-13(16)17/h1,12H,3-10H2,(H,16,17). The summed E-state index contributed by atoms with van der Waals surface area (Å²) in [4.78, 5) is 21.7. The Kier molecular flexibility index (Phi) is 9.93. The maximum absolute atomic E-state index is 11.4. The monoisotopic (exact) mass is 265 g/mol. The Morgan fingerprint density at radius 3 is 2.47 bits per heavy atom. The molecule has 0 amide bonds. The lowest BCUT2D eigenvalue weighted by atomic mass is 10.1. The molecule has 0 spiro atoms. The van der Waals surface area contributed by atoms with Crippen LogP contribution in [0.5, 0.6) is 0 Å². The van der Waals surface area contributed by atoms with E-state index in [-0.39, 0.29) is 12.8 Å². The van der Waals surface area contributed by atoms with E-state index in [0.717, 1.165) is 12.8 Å². The van der Waals surface area contributed by atoms with Gasteiger partial charge < -0.3 is 9.84 Å². The van der Waals surface area contributed by atoms with Gasteiger partial charge in [0.15, 0.2) is 6.10 Å². The minimum atomic E-state index is -0.868. The Hall–Kier alpha value is -2.01. The van der Waals surface area contributed by atoms with Gasteiger partial charge >= 0.3 is 11.9 Å². The summed E-state index contributed by atoms with van der Waals surface area (Å²) >= 11 is 0. The second-order valence-corrected chi connectivity index (χ2v) is 4.15. The highest BCUT2D eigenvalue weighted by Gasteiger charge is 2.11. The van der Waals surface area contributed by atoms with Crippen molar-refractivity contribution >= 4 is 11.9 Å². The first-order valence-electron chi connectivity index (χ1n) is 6.34. The third kappa shape index (κ3) is 10.8. The molecule has 0 rings (SSSR count). The molecular weight excluding hydrogens is 246 g/mol. The van der Waals surface area contributed by atoms with Gasteiger partial charge in [-0.05, 0) is 32.1 Å². The van der Waals surface area contributed by atoms with E-state index < -0.39 is 18.0 Å². The summed E-state index contributed by atoms with van der Waals surface area (Å²) in [7, 11) is 0. The van der Waals surface area contributed by atoms with Crippen LogP contribution in [0.4, 0.5) is 0 Å². The van der Waals surface area contributed by atoms with Crippen LogP contribution >= 0.6 is 0 Å². The number of carboxylic acids is 1. The molecular formula is C14H19NO4. The molecule has 0 aromatic rings. The second-order valence-electron chi connectivity index (χ2n) is 4.15. The van der Waals surface area contributed by atoms with Gasteiger partial charge in [0.05, 0.1) is 6.07 Å². The zero-order chi connectivity index (χ0) is 14.5. The minimum absolute atomic E-state index is 0.0556. The van der Waals surface area contributed by atoms with E-state index in [1.807, 2.05) is 6.07 Å². The van der Waals surface area contributed by atoms with Crippen molar-refractivity contribution in [3.05, 3.63) is 0 Å². The molecule has 1 N–H and O–H groups in total. The number of unbranched alkanes of at least 4 members (excludes halogenated alkanes) is 3. The first kappa shape index (κ1) is 17.0. The van der Waals surface area contributed by atoms with E-state index >= 15 is 0 Å². The fraction of sp³-hybridized carbons (Fsp3) is 0.643. The summed E-state index contributed by atoms with van der Waals surface area (Å²) in [5, 5.41) is 16.8. The fourth-order valence-corrected chi connectivity index (χ4v) is 1.47. The highest BCUT2D eigenvalue weighted by atomic mass is 16.5. The molecule has 0 aliphatic carbocycles. The van der Waals surface area contributed by atoms with E-state index in [1.54, 1.807) is 0 Å². The van der Waals surface area contributed by atoms with E-state index in [1.165, 1.54) is 0 Å². The highest BCUT2D eigenvalue weighted by molar-refractivity contribution is 5.70. The summed E-state index contributed by atoms with van der Waals surface area (Å²) < 4.78 is 5.08. The van der Waals surface area contributed by atoms with E-state index in [2.05, 4.69) is 5.92 Å². The van der Waals surface area contributed by atoms with Crippen molar-refractivity contribution in [3.8, 4) is 18.4 Å². The predicted octanol–water partition coefficient (Wildman–Crippen LogP) is 2.26. The van der Waals surface area contributed by atoms with Crippen LogP contribution < -0.4 is 0 Å². The maximum Gasteiger partial charge on any atom is 0.307 e. The molecule has 19 heavy (non-hydrogen) atoms. The van der Waals surface area contributed by atoms with Crippen molar-refractivity contribution in [1.82, 2.24) is 0 Å². The molecule has 104 valence electrons. The van der Waals surface area contributed by atoms with Gasteiger partial charge in [0.2, 0.25) is 0 Å². The Morgan fingerprint density at radius 1 is 1.21 bits per heavy atom. The summed E-state index contributed by atoms with van der Waals surface area (Å²) in [6.45, 7) is 0. The quantitative estimate of drug-likeness (QED) is 0.372. The lowest BCUT2D eigenvalue weighted by Crippen LogP contribution is -2.16. The number of hydrogen-bond donors (Lipinski definition) is 1. The third-order valence-corrected chi connectivity index (χ3v) is 2.49. The van der Waals surface area contributed by atoms with Gasteiger partial charge in [-0.3, -0.25) is 9.59 Å². The maximum atomic E-state index is 11.4. The van der Waals surface area contributed by atoms with Gasteiger partial charge in [-0.2, -0.15) is 5.26 Å². The van der Waals surface area contributed by atoms with Gasteiger partial charge in [0, 0.05) is 19.3 Å². The van der Waals surface area contributed by atoms with Gasteiger partial charge in [-0.15, -0.1) is 6.42 Å². The number of carbonyl (C=O) groups is 2. The van der Waals surface area contributed by atoms with Crippen LogP contribution in [-0.2, 0) is 14.3 Å². The molecule has 0 bridgehead atoms.